The standard InChI is InChI=1S/C14H22BrNO2S/c1-3-4-5-6-12(2)16-19(17,18)14-9-7-13(11-15)8-10-14/h7-10,12,16H,3-6,11H2,1-2H3. The van der Waals surface area contributed by atoms with Gasteiger partial charge in [-0.2, -0.15) is 0 Å². The third-order valence-electron chi connectivity index (χ3n) is 2.98. The van der Waals surface area contributed by atoms with E-state index in [0.29, 0.717) is 4.90 Å². The molecular formula is C14H22BrNO2S. The van der Waals surface area contributed by atoms with Gasteiger partial charge in [0, 0.05) is 11.4 Å². The Hall–Kier alpha value is -0.390. The van der Waals surface area contributed by atoms with E-state index in [1.54, 1.807) is 12.1 Å². The molecule has 0 aliphatic carbocycles. The molecule has 0 radical (unpaired) electrons. The lowest BCUT2D eigenvalue weighted by atomic mass is 10.1. The maximum Gasteiger partial charge on any atom is 0.240 e. The molecule has 0 saturated heterocycles. The minimum atomic E-state index is -3.39. The number of unbranched alkanes of at least 4 members (excludes halogenated alkanes) is 2. The number of benzene rings is 1. The van der Waals surface area contributed by atoms with Crippen LogP contribution in [0.4, 0.5) is 0 Å². The van der Waals surface area contributed by atoms with Crippen LogP contribution in [0.25, 0.3) is 0 Å². The first-order valence-corrected chi connectivity index (χ1v) is 9.27. The Balaban J connectivity index is 2.63. The second kappa shape index (κ2) is 8.02. The van der Waals surface area contributed by atoms with Gasteiger partial charge in [0.25, 0.3) is 0 Å². The van der Waals surface area contributed by atoms with E-state index in [1.807, 2.05) is 19.1 Å². The van der Waals surface area contributed by atoms with Gasteiger partial charge in [-0.25, -0.2) is 13.1 Å². The Bertz CT molecular complexity index is 471. The van der Waals surface area contributed by atoms with E-state index in [4.69, 9.17) is 0 Å². The van der Waals surface area contributed by atoms with Crippen LogP contribution < -0.4 is 4.72 Å². The van der Waals surface area contributed by atoms with Crippen molar-refractivity contribution < 1.29 is 8.42 Å². The Labute approximate surface area is 125 Å². The molecule has 1 aromatic rings. The van der Waals surface area contributed by atoms with Crippen LogP contribution in [-0.4, -0.2) is 14.5 Å². The summed E-state index contributed by atoms with van der Waals surface area (Å²) in [7, 11) is -3.39. The van der Waals surface area contributed by atoms with Crippen LogP contribution in [-0.2, 0) is 15.4 Å². The second-order valence-electron chi connectivity index (χ2n) is 4.80. The molecule has 0 heterocycles. The molecule has 0 aliphatic rings. The minimum Gasteiger partial charge on any atom is -0.208 e. The summed E-state index contributed by atoms with van der Waals surface area (Å²) in [6, 6.07) is 6.93. The van der Waals surface area contributed by atoms with Crippen molar-refractivity contribution in [1.82, 2.24) is 4.72 Å². The molecule has 19 heavy (non-hydrogen) atoms. The molecule has 1 atom stereocenters. The van der Waals surface area contributed by atoms with Crippen molar-refractivity contribution in [3.8, 4) is 0 Å². The fourth-order valence-corrected chi connectivity index (χ4v) is 3.50. The number of rotatable bonds is 8. The second-order valence-corrected chi connectivity index (χ2v) is 7.07. The van der Waals surface area contributed by atoms with Crippen molar-refractivity contribution in [3.63, 3.8) is 0 Å². The van der Waals surface area contributed by atoms with Gasteiger partial charge in [-0.1, -0.05) is 54.2 Å². The van der Waals surface area contributed by atoms with E-state index in [-0.39, 0.29) is 6.04 Å². The predicted octanol–water partition coefficient (Wildman–Crippen LogP) is 3.83. The van der Waals surface area contributed by atoms with Crippen molar-refractivity contribution in [3.05, 3.63) is 29.8 Å². The average Bonchev–Trinajstić information content (AvgIpc) is 2.38. The maximum atomic E-state index is 12.2. The average molecular weight is 348 g/mol. The zero-order valence-corrected chi connectivity index (χ0v) is 13.9. The monoisotopic (exact) mass is 347 g/mol. The molecule has 0 spiro atoms. The first kappa shape index (κ1) is 16.7. The van der Waals surface area contributed by atoms with Crippen LogP contribution >= 0.6 is 15.9 Å². The van der Waals surface area contributed by atoms with Gasteiger partial charge in [-0.15, -0.1) is 0 Å². The van der Waals surface area contributed by atoms with Gasteiger partial charge in [0.1, 0.15) is 0 Å². The molecule has 0 bridgehead atoms. The molecule has 1 unspecified atom stereocenters. The molecule has 0 fully saturated rings. The Morgan fingerprint density at radius 1 is 1.21 bits per heavy atom. The highest BCUT2D eigenvalue weighted by atomic mass is 79.9. The lowest BCUT2D eigenvalue weighted by Gasteiger charge is -2.14. The van der Waals surface area contributed by atoms with E-state index in [0.717, 1.165) is 36.6 Å². The van der Waals surface area contributed by atoms with Gasteiger partial charge in [0.2, 0.25) is 10.0 Å². The summed E-state index contributed by atoms with van der Waals surface area (Å²) in [6.07, 6.45) is 4.23. The zero-order valence-electron chi connectivity index (χ0n) is 11.5. The lowest BCUT2D eigenvalue weighted by Crippen LogP contribution is -2.32. The quantitative estimate of drug-likeness (QED) is 0.573. The van der Waals surface area contributed by atoms with Crippen LogP contribution in [0.5, 0.6) is 0 Å². The SMILES string of the molecule is CCCCCC(C)NS(=O)(=O)c1ccc(CBr)cc1. The first-order valence-electron chi connectivity index (χ1n) is 6.67. The number of hydrogen-bond donors (Lipinski definition) is 1. The number of halogens is 1. The van der Waals surface area contributed by atoms with Crippen LogP contribution in [0.1, 0.15) is 45.1 Å². The van der Waals surface area contributed by atoms with Crippen molar-refractivity contribution in [2.24, 2.45) is 0 Å². The fraction of sp³-hybridized carbons (Fsp3) is 0.571. The maximum absolute atomic E-state index is 12.2. The van der Waals surface area contributed by atoms with Crippen LogP contribution in [0.15, 0.2) is 29.2 Å². The molecular weight excluding hydrogens is 326 g/mol. The van der Waals surface area contributed by atoms with E-state index in [9.17, 15) is 8.42 Å². The summed E-state index contributed by atoms with van der Waals surface area (Å²) in [5, 5.41) is 0.730. The van der Waals surface area contributed by atoms with Crippen molar-refractivity contribution >= 4 is 26.0 Å². The summed E-state index contributed by atoms with van der Waals surface area (Å²) in [5.74, 6) is 0. The summed E-state index contributed by atoms with van der Waals surface area (Å²) in [6.45, 7) is 4.06. The van der Waals surface area contributed by atoms with Gasteiger partial charge >= 0.3 is 0 Å². The van der Waals surface area contributed by atoms with E-state index < -0.39 is 10.0 Å². The van der Waals surface area contributed by atoms with Crippen molar-refractivity contribution in [2.45, 2.75) is 55.8 Å². The molecule has 0 aliphatic heterocycles. The number of hydrogen-bond acceptors (Lipinski definition) is 2. The Morgan fingerprint density at radius 2 is 1.84 bits per heavy atom. The third-order valence-corrected chi connectivity index (χ3v) is 5.24. The van der Waals surface area contributed by atoms with Gasteiger partial charge < -0.3 is 0 Å². The highest BCUT2D eigenvalue weighted by Crippen LogP contribution is 2.14. The van der Waals surface area contributed by atoms with Gasteiger partial charge in [0.15, 0.2) is 0 Å². The molecule has 0 saturated carbocycles. The molecule has 3 nitrogen and oxygen atoms in total. The molecule has 1 rings (SSSR count). The Morgan fingerprint density at radius 3 is 2.37 bits per heavy atom. The van der Waals surface area contributed by atoms with Gasteiger partial charge in [-0.3, -0.25) is 0 Å². The zero-order chi connectivity index (χ0) is 14.3. The van der Waals surface area contributed by atoms with Crippen LogP contribution in [0.3, 0.4) is 0 Å². The van der Waals surface area contributed by atoms with Crippen molar-refractivity contribution in [1.29, 1.82) is 0 Å². The highest BCUT2D eigenvalue weighted by molar-refractivity contribution is 9.08. The summed E-state index contributed by atoms with van der Waals surface area (Å²) >= 11 is 3.34. The van der Waals surface area contributed by atoms with E-state index in [1.165, 1.54) is 0 Å². The van der Waals surface area contributed by atoms with Crippen LogP contribution in [0, 0.1) is 0 Å². The Kier molecular flexibility index (Phi) is 7.04. The predicted molar refractivity (Wildman–Crippen MR) is 83.0 cm³/mol. The summed E-state index contributed by atoms with van der Waals surface area (Å²) in [4.78, 5) is 0.333. The molecule has 1 aromatic carbocycles. The normalized spacial score (nSPS) is 13.4. The molecule has 1 N–H and O–H groups in total. The van der Waals surface area contributed by atoms with E-state index in [2.05, 4.69) is 27.6 Å². The third kappa shape index (κ3) is 5.63. The molecule has 108 valence electrons. The highest BCUT2D eigenvalue weighted by Gasteiger charge is 2.16. The van der Waals surface area contributed by atoms with E-state index >= 15 is 0 Å². The van der Waals surface area contributed by atoms with Crippen LogP contribution in [0.2, 0.25) is 0 Å². The number of sulfonamides is 1. The topological polar surface area (TPSA) is 46.2 Å². The van der Waals surface area contributed by atoms with Gasteiger partial charge in [0.05, 0.1) is 4.90 Å². The number of alkyl halides is 1. The lowest BCUT2D eigenvalue weighted by molar-refractivity contribution is 0.527. The van der Waals surface area contributed by atoms with Gasteiger partial charge in [-0.05, 0) is 31.0 Å². The first-order chi connectivity index (χ1) is 8.99. The van der Waals surface area contributed by atoms with Crippen molar-refractivity contribution in [2.75, 3.05) is 0 Å². The molecule has 5 heteroatoms. The molecule has 0 amide bonds. The fourth-order valence-electron chi connectivity index (χ4n) is 1.85. The minimum absolute atomic E-state index is 0.0209. The number of nitrogens with one attached hydrogen (secondary N) is 1. The summed E-state index contributed by atoms with van der Waals surface area (Å²) < 4.78 is 27.0. The largest absolute Gasteiger partial charge is 0.240 e. The summed E-state index contributed by atoms with van der Waals surface area (Å²) in [5.41, 5.74) is 1.06. The smallest absolute Gasteiger partial charge is 0.208 e. The molecule has 0 aromatic heterocycles.